The SMILES string of the molecule is CC(C)(C)c1ccc(Oc2cnc(CCl)cn2)cc1. The van der Waals surface area contributed by atoms with Crippen molar-refractivity contribution in [3.63, 3.8) is 0 Å². The van der Waals surface area contributed by atoms with Gasteiger partial charge < -0.3 is 4.74 Å². The van der Waals surface area contributed by atoms with Gasteiger partial charge in [-0.1, -0.05) is 32.9 Å². The minimum Gasteiger partial charge on any atom is -0.438 e. The van der Waals surface area contributed by atoms with E-state index in [0.29, 0.717) is 11.8 Å². The molecule has 0 aliphatic rings. The first-order chi connectivity index (χ1) is 8.99. The number of benzene rings is 1. The van der Waals surface area contributed by atoms with Crippen molar-refractivity contribution in [2.75, 3.05) is 0 Å². The number of nitrogens with zero attached hydrogens (tertiary/aromatic N) is 2. The third-order valence-corrected chi connectivity index (χ3v) is 3.04. The number of halogens is 1. The van der Waals surface area contributed by atoms with E-state index in [1.807, 2.05) is 12.1 Å². The van der Waals surface area contributed by atoms with Gasteiger partial charge in [0.05, 0.1) is 24.0 Å². The zero-order valence-corrected chi connectivity index (χ0v) is 12.1. The van der Waals surface area contributed by atoms with Crippen molar-refractivity contribution in [3.05, 3.63) is 47.9 Å². The summed E-state index contributed by atoms with van der Waals surface area (Å²) < 4.78 is 5.63. The Labute approximate surface area is 118 Å². The molecule has 0 radical (unpaired) electrons. The van der Waals surface area contributed by atoms with Crippen LogP contribution in [-0.2, 0) is 11.3 Å². The molecule has 0 N–H and O–H groups in total. The third kappa shape index (κ3) is 3.67. The van der Waals surface area contributed by atoms with Crippen LogP contribution in [0.1, 0.15) is 32.0 Å². The van der Waals surface area contributed by atoms with Crippen LogP contribution in [-0.4, -0.2) is 9.97 Å². The Morgan fingerprint density at radius 1 is 1.05 bits per heavy atom. The van der Waals surface area contributed by atoms with Crippen molar-refractivity contribution in [3.8, 4) is 11.6 Å². The van der Waals surface area contributed by atoms with Crippen LogP contribution in [0.3, 0.4) is 0 Å². The summed E-state index contributed by atoms with van der Waals surface area (Å²) in [6.07, 6.45) is 3.20. The Morgan fingerprint density at radius 2 is 1.74 bits per heavy atom. The van der Waals surface area contributed by atoms with E-state index < -0.39 is 0 Å². The second-order valence-corrected chi connectivity index (χ2v) is 5.62. The van der Waals surface area contributed by atoms with Gasteiger partial charge in [0.2, 0.25) is 5.88 Å². The first-order valence-corrected chi connectivity index (χ1v) is 6.68. The number of hydrogen-bond donors (Lipinski definition) is 0. The number of rotatable bonds is 3. The van der Waals surface area contributed by atoms with E-state index >= 15 is 0 Å². The zero-order valence-electron chi connectivity index (χ0n) is 11.4. The molecule has 2 rings (SSSR count). The van der Waals surface area contributed by atoms with E-state index in [9.17, 15) is 0 Å². The maximum Gasteiger partial charge on any atom is 0.237 e. The Kier molecular flexibility index (Phi) is 4.05. The van der Waals surface area contributed by atoms with Crippen LogP contribution in [0.25, 0.3) is 0 Å². The maximum absolute atomic E-state index is 5.66. The van der Waals surface area contributed by atoms with Crippen LogP contribution < -0.4 is 4.74 Å². The van der Waals surface area contributed by atoms with E-state index in [0.717, 1.165) is 11.4 Å². The number of ether oxygens (including phenoxy) is 1. The van der Waals surface area contributed by atoms with Gasteiger partial charge in [0.25, 0.3) is 0 Å². The maximum atomic E-state index is 5.66. The van der Waals surface area contributed by atoms with Gasteiger partial charge in [-0.05, 0) is 23.1 Å². The second-order valence-electron chi connectivity index (χ2n) is 5.36. The lowest BCUT2D eigenvalue weighted by molar-refractivity contribution is 0.458. The summed E-state index contributed by atoms with van der Waals surface area (Å²) in [6.45, 7) is 6.54. The van der Waals surface area contributed by atoms with Gasteiger partial charge >= 0.3 is 0 Å². The predicted molar refractivity (Wildman–Crippen MR) is 76.8 cm³/mol. The van der Waals surface area contributed by atoms with Gasteiger partial charge in [0.1, 0.15) is 5.75 Å². The molecule has 0 spiro atoms. The molecule has 0 amide bonds. The Bertz CT molecular complexity index is 530. The zero-order chi connectivity index (χ0) is 13.9. The lowest BCUT2D eigenvalue weighted by Gasteiger charge is -2.19. The molecule has 1 aromatic carbocycles. The van der Waals surface area contributed by atoms with Crippen molar-refractivity contribution >= 4 is 11.6 Å². The van der Waals surface area contributed by atoms with E-state index in [1.54, 1.807) is 12.4 Å². The van der Waals surface area contributed by atoms with E-state index in [-0.39, 0.29) is 5.41 Å². The molecule has 0 saturated carbocycles. The Hall–Kier alpha value is -1.61. The molecule has 0 bridgehead atoms. The van der Waals surface area contributed by atoms with Gasteiger partial charge in [-0.15, -0.1) is 11.6 Å². The topological polar surface area (TPSA) is 35.0 Å². The molecule has 2 aromatic rings. The second kappa shape index (κ2) is 5.57. The van der Waals surface area contributed by atoms with Crippen LogP contribution in [0, 0.1) is 0 Å². The van der Waals surface area contributed by atoms with Crippen LogP contribution in [0.4, 0.5) is 0 Å². The lowest BCUT2D eigenvalue weighted by Crippen LogP contribution is -2.10. The average Bonchev–Trinajstić information content (AvgIpc) is 2.39. The van der Waals surface area contributed by atoms with Gasteiger partial charge in [-0.3, -0.25) is 4.98 Å². The summed E-state index contributed by atoms with van der Waals surface area (Å²) in [4.78, 5) is 8.28. The molecular formula is C15H17ClN2O. The summed E-state index contributed by atoms with van der Waals surface area (Å²) in [5, 5.41) is 0. The molecule has 4 heteroatoms. The summed E-state index contributed by atoms with van der Waals surface area (Å²) in [7, 11) is 0. The molecule has 0 saturated heterocycles. The predicted octanol–water partition coefficient (Wildman–Crippen LogP) is 4.31. The van der Waals surface area contributed by atoms with Crippen molar-refractivity contribution in [2.45, 2.75) is 32.1 Å². The molecule has 1 aromatic heterocycles. The highest BCUT2D eigenvalue weighted by atomic mass is 35.5. The normalized spacial score (nSPS) is 11.4. The highest BCUT2D eigenvalue weighted by molar-refractivity contribution is 6.16. The standard InChI is InChI=1S/C15H17ClN2O/c1-15(2,3)11-4-6-13(7-5-11)19-14-10-17-12(8-16)9-18-14/h4-7,9-10H,8H2,1-3H3. The fourth-order valence-corrected chi connectivity index (χ4v) is 1.75. The third-order valence-electron chi connectivity index (χ3n) is 2.76. The van der Waals surface area contributed by atoms with E-state index in [4.69, 9.17) is 16.3 Å². The Balaban J connectivity index is 2.10. The molecule has 19 heavy (non-hydrogen) atoms. The molecular weight excluding hydrogens is 260 g/mol. The first kappa shape index (κ1) is 13.8. The summed E-state index contributed by atoms with van der Waals surface area (Å²) in [6, 6.07) is 8.02. The van der Waals surface area contributed by atoms with Crippen LogP contribution in [0.15, 0.2) is 36.7 Å². The quantitative estimate of drug-likeness (QED) is 0.784. The molecule has 0 aliphatic carbocycles. The number of alkyl halides is 1. The molecule has 1 heterocycles. The first-order valence-electron chi connectivity index (χ1n) is 6.14. The summed E-state index contributed by atoms with van der Waals surface area (Å²) in [5.74, 6) is 1.58. The van der Waals surface area contributed by atoms with Gasteiger partial charge in [0.15, 0.2) is 0 Å². The van der Waals surface area contributed by atoms with Gasteiger partial charge in [-0.25, -0.2) is 4.98 Å². The van der Waals surface area contributed by atoms with Gasteiger partial charge in [0, 0.05) is 0 Å². The van der Waals surface area contributed by atoms with Crippen LogP contribution in [0.5, 0.6) is 11.6 Å². The summed E-state index contributed by atoms with van der Waals surface area (Å²) in [5.41, 5.74) is 2.14. The minimum absolute atomic E-state index is 0.139. The minimum atomic E-state index is 0.139. The van der Waals surface area contributed by atoms with Crippen molar-refractivity contribution in [2.24, 2.45) is 0 Å². The molecule has 3 nitrogen and oxygen atoms in total. The van der Waals surface area contributed by atoms with Crippen LogP contribution >= 0.6 is 11.6 Å². The Morgan fingerprint density at radius 3 is 2.21 bits per heavy atom. The highest BCUT2D eigenvalue weighted by Gasteiger charge is 2.13. The monoisotopic (exact) mass is 276 g/mol. The molecule has 0 atom stereocenters. The van der Waals surface area contributed by atoms with Crippen molar-refractivity contribution in [1.29, 1.82) is 0 Å². The molecule has 0 unspecified atom stereocenters. The fourth-order valence-electron chi connectivity index (χ4n) is 1.61. The molecule has 0 aliphatic heterocycles. The lowest BCUT2D eigenvalue weighted by atomic mass is 9.87. The highest BCUT2D eigenvalue weighted by Crippen LogP contribution is 2.26. The smallest absolute Gasteiger partial charge is 0.237 e. The van der Waals surface area contributed by atoms with Crippen molar-refractivity contribution in [1.82, 2.24) is 9.97 Å². The molecule has 0 fully saturated rings. The largest absolute Gasteiger partial charge is 0.438 e. The van der Waals surface area contributed by atoms with Crippen molar-refractivity contribution < 1.29 is 4.74 Å². The molecule has 100 valence electrons. The number of aromatic nitrogens is 2. The summed E-state index contributed by atoms with van der Waals surface area (Å²) >= 11 is 5.66. The average molecular weight is 277 g/mol. The van der Waals surface area contributed by atoms with E-state index in [2.05, 4.69) is 42.9 Å². The van der Waals surface area contributed by atoms with Crippen LogP contribution in [0.2, 0.25) is 0 Å². The van der Waals surface area contributed by atoms with Gasteiger partial charge in [-0.2, -0.15) is 0 Å². The van der Waals surface area contributed by atoms with E-state index in [1.165, 1.54) is 5.56 Å². The number of hydrogen-bond acceptors (Lipinski definition) is 3. The fraction of sp³-hybridized carbons (Fsp3) is 0.333.